The van der Waals surface area contributed by atoms with E-state index >= 15 is 0 Å². The molecule has 0 radical (unpaired) electrons. The van der Waals surface area contributed by atoms with E-state index in [2.05, 4.69) is 136 Å². The number of anilines is 2. The fourth-order valence-electron chi connectivity index (χ4n) is 5.10. The third-order valence-corrected chi connectivity index (χ3v) is 7.52. The SMILES string of the molecule is Cc1cc(C)c[n+](/C2=C/Nc3cc(C)c(C)cc3N=C/C([n+]3cc(C)cc(C)c3)=C\Nc3cc(C)c(C)cc3N=C2)c1.F[B-](F)(F)F.F[B-](F)(F)F. The van der Waals surface area contributed by atoms with E-state index < -0.39 is 14.5 Å². The maximum absolute atomic E-state index is 9.75. The van der Waals surface area contributed by atoms with Gasteiger partial charge in [0.15, 0.2) is 24.8 Å². The highest BCUT2D eigenvalue weighted by atomic mass is 19.5. The van der Waals surface area contributed by atoms with Crippen LogP contribution in [0.1, 0.15) is 44.5 Å². The Balaban J connectivity index is 0.000000644. The number of nitrogens with zero attached hydrogens (tertiary/aromatic N) is 4. The van der Waals surface area contributed by atoms with E-state index in [1.54, 1.807) is 0 Å². The number of pyridine rings is 2. The maximum atomic E-state index is 9.75. The van der Waals surface area contributed by atoms with Crippen molar-refractivity contribution in [1.29, 1.82) is 0 Å². The van der Waals surface area contributed by atoms with Crippen LogP contribution in [0.2, 0.25) is 0 Å². The van der Waals surface area contributed by atoms with Gasteiger partial charge in [-0.3, -0.25) is 0 Å². The van der Waals surface area contributed by atoms with Crippen LogP contribution in [0.5, 0.6) is 0 Å². The van der Waals surface area contributed by atoms with Gasteiger partial charge in [-0.15, -0.1) is 0 Å². The summed E-state index contributed by atoms with van der Waals surface area (Å²) in [5.74, 6) is 0. The molecule has 0 bridgehead atoms. The molecule has 0 saturated carbocycles. The van der Waals surface area contributed by atoms with Crippen molar-refractivity contribution in [3.05, 3.63) is 118 Å². The Bertz CT molecular complexity index is 1840. The molecule has 52 heavy (non-hydrogen) atoms. The summed E-state index contributed by atoms with van der Waals surface area (Å²) in [5, 5.41) is 7.12. The second kappa shape index (κ2) is 17.3. The molecule has 1 aliphatic heterocycles. The van der Waals surface area contributed by atoms with E-state index in [-0.39, 0.29) is 0 Å². The van der Waals surface area contributed by atoms with Crippen molar-refractivity contribution in [2.45, 2.75) is 55.4 Å². The molecule has 1 aliphatic rings. The summed E-state index contributed by atoms with van der Waals surface area (Å²) in [6, 6.07) is 12.9. The number of allylic oxidation sites excluding steroid dienone is 2. The molecule has 0 unspecified atom stereocenters. The molecule has 276 valence electrons. The van der Waals surface area contributed by atoms with E-state index in [0.717, 1.165) is 34.1 Å². The summed E-state index contributed by atoms with van der Waals surface area (Å²) in [6.45, 7) is 16.9. The van der Waals surface area contributed by atoms with Crippen LogP contribution < -0.4 is 19.8 Å². The molecule has 0 atom stereocenters. The molecule has 2 N–H and O–H groups in total. The van der Waals surface area contributed by atoms with Crippen molar-refractivity contribution >= 4 is 61.1 Å². The van der Waals surface area contributed by atoms with Crippen molar-refractivity contribution in [2.24, 2.45) is 9.98 Å². The number of rotatable bonds is 2. The molecule has 16 heteroatoms. The number of fused-ring (bicyclic) bond motifs is 2. The van der Waals surface area contributed by atoms with E-state index in [4.69, 9.17) is 9.98 Å². The molecule has 0 saturated heterocycles. The first-order chi connectivity index (χ1) is 24.0. The summed E-state index contributed by atoms with van der Waals surface area (Å²) in [7, 11) is -12.0. The lowest BCUT2D eigenvalue weighted by Crippen LogP contribution is -2.34. The van der Waals surface area contributed by atoms with E-state index in [1.165, 1.54) is 44.5 Å². The topological polar surface area (TPSA) is 56.5 Å². The Morgan fingerprint density at radius 1 is 0.442 bits per heavy atom. The van der Waals surface area contributed by atoms with Gasteiger partial charge in [-0.2, -0.15) is 9.13 Å². The third-order valence-electron chi connectivity index (χ3n) is 7.52. The van der Waals surface area contributed by atoms with Crippen molar-refractivity contribution < 1.29 is 43.7 Å². The summed E-state index contributed by atoms with van der Waals surface area (Å²) in [6.07, 6.45) is 16.3. The monoisotopic (exact) mass is 730 g/mol. The number of hydrogen-bond acceptors (Lipinski definition) is 4. The summed E-state index contributed by atoms with van der Waals surface area (Å²) < 4.78 is 82.2. The summed E-state index contributed by atoms with van der Waals surface area (Å²) in [5.41, 5.74) is 14.8. The molecular formula is C36H40B2F8N6. The third kappa shape index (κ3) is 13.8. The van der Waals surface area contributed by atoms with Crippen LogP contribution in [0.4, 0.5) is 57.3 Å². The van der Waals surface area contributed by atoms with Gasteiger partial charge in [0, 0.05) is 22.3 Å². The van der Waals surface area contributed by atoms with E-state index in [9.17, 15) is 34.5 Å². The Hall–Kier alpha value is -5.27. The zero-order valence-electron chi connectivity index (χ0n) is 30.1. The minimum Gasteiger partial charge on any atom is -0.418 e. The van der Waals surface area contributed by atoms with Crippen LogP contribution >= 0.6 is 0 Å². The smallest absolute Gasteiger partial charge is 0.418 e. The number of benzene rings is 2. The number of nitrogens with one attached hydrogen (secondary N) is 2. The second-order valence-electron chi connectivity index (χ2n) is 12.4. The van der Waals surface area contributed by atoms with Gasteiger partial charge >= 0.3 is 14.5 Å². The fraction of sp³-hybridized carbons (Fsp3) is 0.222. The minimum absolute atomic E-state index is 0.857. The predicted octanol–water partition coefficient (Wildman–Crippen LogP) is 10.3. The molecule has 0 amide bonds. The Kier molecular flexibility index (Phi) is 13.7. The highest BCUT2D eigenvalue weighted by Gasteiger charge is 2.21. The zero-order chi connectivity index (χ0) is 39.0. The molecule has 0 spiro atoms. The largest absolute Gasteiger partial charge is 0.673 e. The van der Waals surface area contributed by atoms with Crippen molar-refractivity contribution in [1.82, 2.24) is 0 Å². The van der Waals surface area contributed by atoms with Gasteiger partial charge in [-0.25, -0.2) is 9.98 Å². The molecule has 4 aromatic rings. The van der Waals surface area contributed by atoms with Gasteiger partial charge in [0.2, 0.25) is 11.4 Å². The molecule has 2 aromatic carbocycles. The molecule has 5 rings (SSSR count). The van der Waals surface area contributed by atoms with Crippen LogP contribution in [-0.4, -0.2) is 26.9 Å². The number of aliphatic imine (C=N–C) groups is 2. The number of halogens is 8. The molecule has 2 aromatic heterocycles. The minimum atomic E-state index is -6.00. The van der Waals surface area contributed by atoms with Crippen LogP contribution in [0.25, 0.3) is 11.4 Å². The standard InChI is InChI=1S/C36H40N6.2BF4/c1-23-9-24(2)20-41(19-23)31-15-37-33-11-27(5)29(7)13-35(33)39-17-32(42-21-25(3)10-26(4)22-42)18-40-36-14-30(8)28(6)12-34(36)38-16-31;2*2-1(3,4)5/h9-22,37,40H,1-8H3;;/q+2;2*-1/b31-15+,32-18+,38-16?,39-17?;;. The number of aryl methyl sites for hydroxylation is 8. The predicted molar refractivity (Wildman–Crippen MR) is 197 cm³/mol. The normalized spacial score (nSPS) is 15.0. The van der Waals surface area contributed by atoms with E-state index in [0.29, 0.717) is 0 Å². The molecule has 0 fully saturated rings. The molecule has 3 heterocycles. The van der Waals surface area contributed by atoms with Gasteiger partial charge in [-0.05, 0) is 114 Å². The second-order valence-corrected chi connectivity index (χ2v) is 12.4. The highest BCUT2D eigenvalue weighted by Crippen LogP contribution is 2.31. The lowest BCUT2D eigenvalue weighted by atomic mass is 10.1. The van der Waals surface area contributed by atoms with Crippen molar-refractivity contribution in [3.63, 3.8) is 0 Å². The number of aromatic nitrogens is 2. The first kappa shape index (κ1) is 41.2. The highest BCUT2D eigenvalue weighted by molar-refractivity contribution is 6.50. The van der Waals surface area contributed by atoms with Gasteiger partial charge in [0.25, 0.3) is 0 Å². The van der Waals surface area contributed by atoms with Crippen LogP contribution in [-0.2, 0) is 0 Å². The Morgan fingerprint density at radius 2 is 0.712 bits per heavy atom. The van der Waals surface area contributed by atoms with Crippen molar-refractivity contribution in [2.75, 3.05) is 10.6 Å². The quantitative estimate of drug-likeness (QED) is 0.123. The lowest BCUT2D eigenvalue weighted by molar-refractivity contribution is -0.576. The first-order valence-electron chi connectivity index (χ1n) is 16.0. The van der Waals surface area contributed by atoms with Gasteiger partial charge in [0.05, 0.1) is 35.1 Å². The summed E-state index contributed by atoms with van der Waals surface area (Å²) >= 11 is 0. The fourth-order valence-corrected chi connectivity index (χ4v) is 5.10. The lowest BCUT2D eigenvalue weighted by Gasteiger charge is -2.12. The molecular weight excluding hydrogens is 690 g/mol. The Labute approximate surface area is 298 Å². The molecule has 6 nitrogen and oxygen atoms in total. The average Bonchev–Trinajstić information content (AvgIpc) is 2.98. The zero-order valence-corrected chi connectivity index (χ0v) is 30.1. The molecule has 0 aliphatic carbocycles. The van der Waals surface area contributed by atoms with Crippen LogP contribution in [0.3, 0.4) is 0 Å². The van der Waals surface area contributed by atoms with Crippen LogP contribution in [0.15, 0.2) is 83.6 Å². The van der Waals surface area contributed by atoms with Gasteiger partial charge < -0.3 is 45.2 Å². The maximum Gasteiger partial charge on any atom is 0.673 e. The van der Waals surface area contributed by atoms with Crippen LogP contribution in [0, 0.1) is 55.4 Å². The van der Waals surface area contributed by atoms with Gasteiger partial charge in [-0.1, -0.05) is 0 Å². The summed E-state index contributed by atoms with van der Waals surface area (Å²) in [4.78, 5) is 10.0. The van der Waals surface area contributed by atoms with Crippen molar-refractivity contribution in [3.8, 4) is 0 Å². The number of hydrogen-bond donors (Lipinski definition) is 2. The van der Waals surface area contributed by atoms with Gasteiger partial charge in [0.1, 0.15) is 12.4 Å². The first-order valence-corrected chi connectivity index (χ1v) is 16.0. The Morgan fingerprint density at radius 3 is 1.00 bits per heavy atom. The van der Waals surface area contributed by atoms with E-state index in [1.807, 2.05) is 24.8 Å². The average molecular weight is 730 g/mol.